The molecule has 0 aliphatic carbocycles. The molecular weight excluding hydrogens is 343 g/mol. The van der Waals surface area contributed by atoms with E-state index in [0.29, 0.717) is 36.1 Å². The van der Waals surface area contributed by atoms with Crippen LogP contribution in [0.4, 0.5) is 13.2 Å². The van der Waals surface area contributed by atoms with Crippen molar-refractivity contribution < 1.29 is 23.1 Å². The van der Waals surface area contributed by atoms with Crippen molar-refractivity contribution >= 4 is 6.41 Å². The summed E-state index contributed by atoms with van der Waals surface area (Å²) in [6.07, 6.45) is -2.51. The van der Waals surface area contributed by atoms with Crippen LogP contribution < -0.4 is 0 Å². The number of rotatable bonds is 8. The second-order valence-electron chi connectivity index (χ2n) is 6.26. The minimum atomic E-state index is -4.41. The molecule has 140 valence electrons. The second-order valence-corrected chi connectivity index (χ2v) is 6.26. The molecule has 0 aromatic heterocycles. The van der Waals surface area contributed by atoms with E-state index in [1.807, 2.05) is 0 Å². The van der Waals surface area contributed by atoms with Gasteiger partial charge in [0.25, 0.3) is 0 Å². The molecule has 2 aromatic rings. The first-order chi connectivity index (χ1) is 12.3. The Morgan fingerprint density at radius 3 is 2.54 bits per heavy atom. The predicted octanol–water partition coefficient (Wildman–Crippen LogP) is 4.66. The van der Waals surface area contributed by atoms with Crippen LogP contribution in [0.5, 0.6) is 0 Å². The maximum Gasteiger partial charge on any atom is 0.416 e. The molecule has 0 saturated heterocycles. The summed E-state index contributed by atoms with van der Waals surface area (Å²) < 4.78 is 38.9. The summed E-state index contributed by atoms with van der Waals surface area (Å²) in [5, 5.41) is 10.5. The van der Waals surface area contributed by atoms with Crippen LogP contribution in [0, 0.1) is 0 Å². The van der Waals surface area contributed by atoms with Crippen molar-refractivity contribution in [3.63, 3.8) is 0 Å². The van der Waals surface area contributed by atoms with E-state index in [1.54, 1.807) is 37.4 Å². The van der Waals surface area contributed by atoms with Crippen molar-refractivity contribution in [3.8, 4) is 11.1 Å². The van der Waals surface area contributed by atoms with Crippen molar-refractivity contribution in [2.45, 2.75) is 31.5 Å². The van der Waals surface area contributed by atoms with Crippen LogP contribution >= 0.6 is 0 Å². The van der Waals surface area contributed by atoms with E-state index in [9.17, 15) is 23.1 Å². The van der Waals surface area contributed by atoms with Crippen LogP contribution in [-0.2, 0) is 11.0 Å². The van der Waals surface area contributed by atoms with Gasteiger partial charge < -0.3 is 10.0 Å². The van der Waals surface area contributed by atoms with Gasteiger partial charge in [0.1, 0.15) is 0 Å². The number of amides is 1. The van der Waals surface area contributed by atoms with Crippen molar-refractivity contribution in [1.29, 1.82) is 0 Å². The van der Waals surface area contributed by atoms with E-state index in [2.05, 4.69) is 0 Å². The lowest BCUT2D eigenvalue weighted by Gasteiger charge is -2.17. The minimum Gasteiger partial charge on any atom is -0.388 e. The topological polar surface area (TPSA) is 40.5 Å². The molecule has 26 heavy (non-hydrogen) atoms. The Labute approximate surface area is 151 Å². The Morgan fingerprint density at radius 2 is 1.85 bits per heavy atom. The SMILES string of the molecule is CN(C=O)CCCCC(O)c1ccccc1-c1cccc(C(F)(F)F)c1. The van der Waals surface area contributed by atoms with E-state index in [-0.39, 0.29) is 0 Å². The molecular formula is C20H22F3NO2. The summed E-state index contributed by atoms with van der Waals surface area (Å²) in [6.45, 7) is 0.603. The summed E-state index contributed by atoms with van der Waals surface area (Å²) in [6, 6.07) is 12.1. The van der Waals surface area contributed by atoms with E-state index in [0.717, 1.165) is 25.0 Å². The van der Waals surface area contributed by atoms with E-state index >= 15 is 0 Å². The average molecular weight is 365 g/mol. The van der Waals surface area contributed by atoms with Crippen LogP contribution in [0.3, 0.4) is 0 Å². The Hall–Kier alpha value is -2.34. The largest absolute Gasteiger partial charge is 0.416 e. The number of unbranched alkanes of at least 4 members (excludes halogenated alkanes) is 1. The van der Waals surface area contributed by atoms with Gasteiger partial charge in [-0.2, -0.15) is 13.2 Å². The molecule has 2 rings (SSSR count). The second kappa shape index (κ2) is 8.85. The zero-order valence-corrected chi connectivity index (χ0v) is 14.5. The van der Waals surface area contributed by atoms with Gasteiger partial charge in [-0.25, -0.2) is 0 Å². The fraction of sp³-hybridized carbons (Fsp3) is 0.350. The molecule has 1 unspecified atom stereocenters. The van der Waals surface area contributed by atoms with Gasteiger partial charge in [-0.3, -0.25) is 4.79 Å². The maximum absolute atomic E-state index is 13.0. The number of benzene rings is 2. The molecule has 6 heteroatoms. The van der Waals surface area contributed by atoms with Crippen molar-refractivity contribution in [3.05, 3.63) is 59.7 Å². The standard InChI is InChI=1S/C20H22F3NO2/c1-24(14-25)12-5-4-11-19(26)18-10-3-2-9-17(18)15-7-6-8-16(13-15)20(21,22)23/h2-3,6-10,13-14,19,26H,4-5,11-12H2,1H3. The molecule has 0 bridgehead atoms. The highest BCUT2D eigenvalue weighted by molar-refractivity contribution is 5.68. The van der Waals surface area contributed by atoms with Crippen LogP contribution in [0.15, 0.2) is 48.5 Å². The minimum absolute atomic E-state index is 0.426. The lowest BCUT2D eigenvalue weighted by atomic mass is 9.93. The highest BCUT2D eigenvalue weighted by Gasteiger charge is 2.30. The first-order valence-corrected chi connectivity index (χ1v) is 8.43. The fourth-order valence-corrected chi connectivity index (χ4v) is 2.82. The normalized spacial score (nSPS) is 12.7. The number of hydrogen-bond donors (Lipinski definition) is 1. The van der Waals surface area contributed by atoms with Gasteiger partial charge in [0.2, 0.25) is 6.41 Å². The predicted molar refractivity (Wildman–Crippen MR) is 94.4 cm³/mol. The smallest absolute Gasteiger partial charge is 0.388 e. The summed E-state index contributed by atoms with van der Waals surface area (Å²) in [7, 11) is 1.69. The number of halogens is 3. The molecule has 0 aliphatic rings. The molecule has 3 nitrogen and oxygen atoms in total. The van der Waals surface area contributed by atoms with Gasteiger partial charge in [-0.15, -0.1) is 0 Å². The lowest BCUT2D eigenvalue weighted by molar-refractivity contribution is -0.137. The van der Waals surface area contributed by atoms with Crippen molar-refractivity contribution in [2.75, 3.05) is 13.6 Å². The van der Waals surface area contributed by atoms with E-state index < -0.39 is 17.8 Å². The van der Waals surface area contributed by atoms with Gasteiger partial charge in [0, 0.05) is 13.6 Å². The molecule has 0 saturated carbocycles. The monoisotopic (exact) mass is 365 g/mol. The Bertz CT molecular complexity index is 731. The molecule has 0 radical (unpaired) electrons. The van der Waals surface area contributed by atoms with E-state index in [4.69, 9.17) is 0 Å². The average Bonchev–Trinajstić information content (AvgIpc) is 2.64. The number of aliphatic hydroxyl groups excluding tert-OH is 1. The van der Waals surface area contributed by atoms with Gasteiger partial charge >= 0.3 is 6.18 Å². The third-order valence-corrected chi connectivity index (χ3v) is 4.24. The van der Waals surface area contributed by atoms with Crippen LogP contribution in [-0.4, -0.2) is 30.0 Å². The maximum atomic E-state index is 13.0. The fourth-order valence-electron chi connectivity index (χ4n) is 2.82. The van der Waals surface area contributed by atoms with Gasteiger partial charge in [-0.1, -0.05) is 36.4 Å². The number of nitrogens with zero attached hydrogens (tertiary/aromatic N) is 1. The molecule has 2 aromatic carbocycles. The first-order valence-electron chi connectivity index (χ1n) is 8.43. The Kier molecular flexibility index (Phi) is 6.80. The number of aliphatic hydroxyl groups is 1. The summed E-state index contributed by atoms with van der Waals surface area (Å²) in [5.41, 5.74) is 0.915. The van der Waals surface area contributed by atoms with Gasteiger partial charge in [0.05, 0.1) is 11.7 Å². The van der Waals surface area contributed by atoms with Crippen LogP contribution in [0.2, 0.25) is 0 Å². The third kappa shape index (κ3) is 5.33. The molecule has 0 aliphatic heterocycles. The zero-order valence-electron chi connectivity index (χ0n) is 14.5. The van der Waals surface area contributed by atoms with Crippen LogP contribution in [0.1, 0.15) is 36.5 Å². The lowest BCUT2D eigenvalue weighted by Crippen LogP contribution is -2.17. The van der Waals surface area contributed by atoms with Crippen molar-refractivity contribution in [2.24, 2.45) is 0 Å². The number of alkyl halides is 3. The molecule has 0 spiro atoms. The number of carbonyl (C=O) groups is 1. The van der Waals surface area contributed by atoms with Gasteiger partial charge in [-0.05, 0) is 48.1 Å². The summed E-state index contributed by atoms with van der Waals surface area (Å²) >= 11 is 0. The molecule has 1 amide bonds. The first kappa shape index (κ1) is 20.0. The number of carbonyl (C=O) groups excluding carboxylic acids is 1. The highest BCUT2D eigenvalue weighted by atomic mass is 19.4. The Balaban J connectivity index is 2.16. The molecule has 1 N–H and O–H groups in total. The van der Waals surface area contributed by atoms with E-state index in [1.165, 1.54) is 11.0 Å². The highest BCUT2D eigenvalue weighted by Crippen LogP contribution is 2.35. The quantitative estimate of drug-likeness (QED) is 0.546. The molecule has 0 heterocycles. The Morgan fingerprint density at radius 1 is 1.12 bits per heavy atom. The summed E-state index contributed by atoms with van der Waals surface area (Å²) in [5.74, 6) is 0. The zero-order chi connectivity index (χ0) is 19.2. The van der Waals surface area contributed by atoms with Gasteiger partial charge in [0.15, 0.2) is 0 Å². The molecule has 1 atom stereocenters. The van der Waals surface area contributed by atoms with Crippen LogP contribution in [0.25, 0.3) is 11.1 Å². The summed E-state index contributed by atoms with van der Waals surface area (Å²) in [4.78, 5) is 12.1. The van der Waals surface area contributed by atoms with Crippen molar-refractivity contribution in [1.82, 2.24) is 4.90 Å². The molecule has 0 fully saturated rings. The number of hydrogen-bond acceptors (Lipinski definition) is 2. The third-order valence-electron chi connectivity index (χ3n) is 4.24.